The first kappa shape index (κ1) is 16.3. The van der Waals surface area contributed by atoms with E-state index in [9.17, 15) is 13.2 Å². The summed E-state index contributed by atoms with van der Waals surface area (Å²) in [5.41, 5.74) is 2.69. The molecule has 126 valence electrons. The molecule has 3 heterocycles. The second kappa shape index (κ2) is 6.16. The average molecular weight is 345 g/mol. The molecule has 3 rings (SSSR count). The number of nitrogens with zero attached hydrogens (tertiary/aromatic N) is 3. The Morgan fingerprint density at radius 2 is 1.96 bits per heavy atom. The van der Waals surface area contributed by atoms with E-state index in [2.05, 4.69) is 9.88 Å². The van der Waals surface area contributed by atoms with E-state index in [-0.39, 0.29) is 0 Å². The minimum absolute atomic E-state index is 0.593. The molecule has 4 nitrogen and oxygen atoms in total. The first-order valence-corrected chi connectivity index (χ1v) is 8.25. The van der Waals surface area contributed by atoms with E-state index in [1.54, 1.807) is 19.9 Å². The van der Waals surface area contributed by atoms with Gasteiger partial charge in [-0.1, -0.05) is 0 Å². The molecule has 0 aliphatic carbocycles. The van der Waals surface area contributed by atoms with Crippen molar-refractivity contribution in [3.05, 3.63) is 22.8 Å². The minimum Gasteiger partial charge on any atom is -0.378 e. The summed E-state index contributed by atoms with van der Waals surface area (Å²) >= 11 is 1.52. The highest BCUT2D eigenvalue weighted by atomic mass is 32.1. The van der Waals surface area contributed by atoms with Crippen molar-refractivity contribution in [3.63, 3.8) is 0 Å². The van der Waals surface area contributed by atoms with Crippen LogP contribution in [0.25, 0.3) is 11.3 Å². The highest BCUT2D eigenvalue weighted by Crippen LogP contribution is 2.33. The Kier molecular flexibility index (Phi) is 4.37. The van der Waals surface area contributed by atoms with Gasteiger partial charge in [-0.25, -0.2) is 4.98 Å². The Hall–Kier alpha value is -1.54. The number of ether oxygens (including phenoxy) is 1. The molecule has 1 fully saturated rings. The number of rotatable bonds is 3. The van der Waals surface area contributed by atoms with Crippen molar-refractivity contribution >= 4 is 16.5 Å². The fourth-order valence-corrected chi connectivity index (χ4v) is 3.65. The van der Waals surface area contributed by atoms with Gasteiger partial charge in [0.1, 0.15) is 6.54 Å². The molecule has 1 aliphatic heterocycles. The van der Waals surface area contributed by atoms with Gasteiger partial charge in [0, 0.05) is 35.4 Å². The van der Waals surface area contributed by atoms with Crippen molar-refractivity contribution in [3.8, 4) is 11.3 Å². The van der Waals surface area contributed by atoms with Crippen LogP contribution in [0.5, 0.6) is 0 Å². The molecule has 2 aromatic heterocycles. The first-order chi connectivity index (χ1) is 10.8. The van der Waals surface area contributed by atoms with E-state index in [0.29, 0.717) is 24.6 Å². The molecule has 0 atom stereocenters. The Balaban J connectivity index is 1.87. The summed E-state index contributed by atoms with van der Waals surface area (Å²) in [6.07, 6.45) is -4.23. The van der Waals surface area contributed by atoms with Crippen LogP contribution in [0.2, 0.25) is 0 Å². The van der Waals surface area contributed by atoms with E-state index in [1.165, 1.54) is 15.9 Å². The van der Waals surface area contributed by atoms with Crippen LogP contribution in [0.4, 0.5) is 18.3 Å². The Morgan fingerprint density at radius 3 is 2.61 bits per heavy atom. The number of anilines is 1. The normalized spacial score (nSPS) is 16.1. The molecule has 2 aromatic rings. The second-order valence-corrected chi connectivity index (χ2v) is 6.44. The van der Waals surface area contributed by atoms with E-state index < -0.39 is 12.7 Å². The zero-order chi connectivity index (χ0) is 16.6. The van der Waals surface area contributed by atoms with Crippen LogP contribution in [0.15, 0.2) is 11.4 Å². The Bertz CT molecular complexity index is 687. The van der Waals surface area contributed by atoms with Gasteiger partial charge in [-0.05, 0) is 19.9 Å². The monoisotopic (exact) mass is 345 g/mol. The summed E-state index contributed by atoms with van der Waals surface area (Å²) in [7, 11) is 0. The summed E-state index contributed by atoms with van der Waals surface area (Å²) < 4.78 is 44.7. The van der Waals surface area contributed by atoms with Gasteiger partial charge in [-0.15, -0.1) is 11.3 Å². The van der Waals surface area contributed by atoms with E-state index >= 15 is 0 Å². The van der Waals surface area contributed by atoms with Crippen molar-refractivity contribution in [2.75, 3.05) is 31.2 Å². The summed E-state index contributed by atoms with van der Waals surface area (Å²) in [6.45, 7) is 5.37. The molecule has 1 saturated heterocycles. The minimum atomic E-state index is -4.23. The maximum atomic E-state index is 12.7. The standard InChI is InChI=1S/C15H18F3N3OS/c1-10-7-12(11(2)21(10)9-15(16,17)18)13-8-23-14(19-13)20-3-5-22-6-4-20/h7-8H,3-6,9H2,1-2H3. The number of aromatic nitrogens is 2. The van der Waals surface area contributed by atoms with Crippen LogP contribution in [0.3, 0.4) is 0 Å². The van der Waals surface area contributed by atoms with Crippen molar-refractivity contribution in [2.24, 2.45) is 0 Å². The third-order valence-electron chi connectivity index (χ3n) is 3.96. The van der Waals surface area contributed by atoms with Gasteiger partial charge in [-0.2, -0.15) is 13.2 Å². The third-order valence-corrected chi connectivity index (χ3v) is 4.86. The first-order valence-electron chi connectivity index (χ1n) is 7.37. The largest absolute Gasteiger partial charge is 0.406 e. The molecule has 0 radical (unpaired) electrons. The summed E-state index contributed by atoms with van der Waals surface area (Å²) in [5.74, 6) is 0. The number of aryl methyl sites for hydroxylation is 1. The molecule has 8 heteroatoms. The van der Waals surface area contributed by atoms with Crippen LogP contribution in [0, 0.1) is 13.8 Å². The molecule has 0 amide bonds. The fraction of sp³-hybridized carbons (Fsp3) is 0.533. The lowest BCUT2D eigenvalue weighted by molar-refractivity contribution is -0.141. The number of morpholine rings is 1. The summed E-state index contributed by atoms with van der Waals surface area (Å²) in [5, 5.41) is 2.80. The lowest BCUT2D eigenvalue weighted by Gasteiger charge is -2.26. The zero-order valence-electron chi connectivity index (χ0n) is 13.0. The van der Waals surface area contributed by atoms with Crippen LogP contribution >= 0.6 is 11.3 Å². The van der Waals surface area contributed by atoms with Gasteiger partial charge in [0.15, 0.2) is 5.13 Å². The summed E-state index contributed by atoms with van der Waals surface area (Å²) in [4.78, 5) is 6.76. The van der Waals surface area contributed by atoms with Gasteiger partial charge in [0.2, 0.25) is 0 Å². The Labute approximate surface area is 136 Å². The molecular weight excluding hydrogens is 327 g/mol. The average Bonchev–Trinajstić information content (AvgIpc) is 3.07. The maximum absolute atomic E-state index is 12.7. The SMILES string of the molecule is Cc1cc(-c2csc(N3CCOCC3)n2)c(C)n1CC(F)(F)F. The zero-order valence-corrected chi connectivity index (χ0v) is 13.8. The molecule has 0 aromatic carbocycles. The molecule has 0 saturated carbocycles. The number of thiazole rings is 1. The molecular formula is C15H18F3N3OS. The lowest BCUT2D eigenvalue weighted by Crippen LogP contribution is -2.36. The lowest BCUT2D eigenvalue weighted by atomic mass is 10.2. The predicted octanol–water partition coefficient (Wildman–Crippen LogP) is 3.63. The topological polar surface area (TPSA) is 30.3 Å². The number of halogens is 3. The highest BCUT2D eigenvalue weighted by molar-refractivity contribution is 7.14. The maximum Gasteiger partial charge on any atom is 0.406 e. The number of hydrogen-bond donors (Lipinski definition) is 0. The van der Waals surface area contributed by atoms with E-state index in [4.69, 9.17) is 4.74 Å². The molecule has 23 heavy (non-hydrogen) atoms. The van der Waals surface area contributed by atoms with Crippen LogP contribution in [0.1, 0.15) is 11.4 Å². The van der Waals surface area contributed by atoms with Crippen LogP contribution in [-0.2, 0) is 11.3 Å². The van der Waals surface area contributed by atoms with Gasteiger partial charge in [0.05, 0.1) is 18.9 Å². The smallest absolute Gasteiger partial charge is 0.378 e. The second-order valence-electron chi connectivity index (χ2n) is 5.60. The number of hydrogen-bond acceptors (Lipinski definition) is 4. The van der Waals surface area contributed by atoms with Gasteiger partial charge >= 0.3 is 6.18 Å². The van der Waals surface area contributed by atoms with Crippen molar-refractivity contribution in [1.29, 1.82) is 0 Å². The number of alkyl halides is 3. The van der Waals surface area contributed by atoms with Crippen molar-refractivity contribution in [2.45, 2.75) is 26.6 Å². The third kappa shape index (κ3) is 3.53. The van der Waals surface area contributed by atoms with E-state index in [1.807, 2.05) is 5.38 Å². The van der Waals surface area contributed by atoms with Crippen LogP contribution in [-0.4, -0.2) is 42.0 Å². The molecule has 0 bridgehead atoms. The van der Waals surface area contributed by atoms with Gasteiger partial charge in [0.25, 0.3) is 0 Å². The molecule has 0 N–H and O–H groups in total. The van der Waals surface area contributed by atoms with E-state index in [0.717, 1.165) is 29.5 Å². The fourth-order valence-electron chi connectivity index (χ4n) is 2.77. The van der Waals surface area contributed by atoms with Crippen LogP contribution < -0.4 is 4.90 Å². The quantitative estimate of drug-likeness (QED) is 0.851. The highest BCUT2D eigenvalue weighted by Gasteiger charge is 2.30. The Morgan fingerprint density at radius 1 is 1.26 bits per heavy atom. The summed E-state index contributed by atoms with van der Waals surface area (Å²) in [6, 6.07) is 1.78. The molecule has 0 unspecified atom stereocenters. The van der Waals surface area contributed by atoms with Crippen molar-refractivity contribution in [1.82, 2.24) is 9.55 Å². The van der Waals surface area contributed by atoms with Crippen molar-refractivity contribution < 1.29 is 17.9 Å². The molecule has 0 spiro atoms. The molecule has 1 aliphatic rings. The van der Waals surface area contributed by atoms with Gasteiger partial charge < -0.3 is 14.2 Å². The van der Waals surface area contributed by atoms with Gasteiger partial charge in [-0.3, -0.25) is 0 Å². The predicted molar refractivity (Wildman–Crippen MR) is 84.1 cm³/mol.